The molecule has 6 heavy (non-hydrogen) atoms. The van der Waals surface area contributed by atoms with Gasteiger partial charge >= 0.3 is 18.1 Å². The average Bonchev–Trinajstić information content (AvgIpc) is 1.35. The minimum atomic E-state index is -4.65. The SMILES string of the molecule is OP(O)(F)=[S+]F. The van der Waals surface area contributed by atoms with Gasteiger partial charge < -0.3 is 0 Å². The van der Waals surface area contributed by atoms with Gasteiger partial charge in [0.1, 0.15) is 3.89 Å². The van der Waals surface area contributed by atoms with Crippen LogP contribution < -0.4 is 0 Å². The lowest BCUT2D eigenvalue weighted by Crippen LogP contribution is -1.60. The van der Waals surface area contributed by atoms with Crippen molar-refractivity contribution in [3.05, 3.63) is 0 Å². The molecule has 0 aliphatic heterocycles. The fourth-order valence-corrected chi connectivity index (χ4v) is 0. The second-order valence-corrected chi connectivity index (χ2v) is 3.43. The van der Waals surface area contributed by atoms with Crippen LogP contribution in [0.25, 0.3) is 0 Å². The van der Waals surface area contributed by atoms with Gasteiger partial charge in [0, 0.05) is 0 Å². The third kappa shape index (κ3) is 4.43. The molecule has 0 aromatic heterocycles. The Balaban J connectivity index is 3.79. The predicted octanol–water partition coefficient (Wildman–Crippen LogP) is 0.585. The largest absolute Gasteiger partial charge is 0.608 e. The van der Waals surface area contributed by atoms with Gasteiger partial charge in [-0.3, -0.25) is 9.79 Å². The molecule has 0 radical (unpaired) electrons. The van der Waals surface area contributed by atoms with Gasteiger partial charge in [0.05, 0.1) is 0 Å². The Morgan fingerprint density at radius 3 is 1.67 bits per heavy atom. The molecule has 0 aromatic carbocycles. The second-order valence-electron chi connectivity index (χ2n) is 0.542. The summed E-state index contributed by atoms with van der Waals surface area (Å²) in [6.45, 7) is -4.65. The molecule has 38 valence electrons. The van der Waals surface area contributed by atoms with Crippen LogP contribution in [0.15, 0.2) is 0 Å². The van der Waals surface area contributed by atoms with Crippen LogP contribution in [0.1, 0.15) is 0 Å². The normalized spacial score (nSPS) is 11.3. The molecule has 0 aliphatic rings. The molecule has 6 heteroatoms. The maximum absolute atomic E-state index is 10.9. The number of halogens is 2. The fourth-order valence-electron chi connectivity index (χ4n) is 0. The van der Waals surface area contributed by atoms with E-state index in [-0.39, 0.29) is 0 Å². The lowest BCUT2D eigenvalue weighted by molar-refractivity contribution is 0.422. The first-order chi connectivity index (χ1) is 2.56. The van der Waals surface area contributed by atoms with E-state index in [0.29, 0.717) is 0 Å². The van der Waals surface area contributed by atoms with E-state index in [9.17, 15) is 8.08 Å². The van der Waals surface area contributed by atoms with Crippen molar-refractivity contribution in [2.24, 2.45) is 0 Å². The lowest BCUT2D eigenvalue weighted by atomic mass is 15.9. The van der Waals surface area contributed by atoms with Crippen LogP contribution >= 0.6 is 6.80 Å². The van der Waals surface area contributed by atoms with Crippen LogP contribution in [0, 0.1) is 0 Å². The smallest absolute Gasteiger partial charge is 0.283 e. The number of hydrogen-bond acceptors (Lipinski definition) is 0. The average molecular weight is 135 g/mol. The summed E-state index contributed by atoms with van der Waals surface area (Å²) < 4.78 is 21.5. The van der Waals surface area contributed by atoms with Crippen LogP contribution in [0.5, 0.6) is 0 Å². The van der Waals surface area contributed by atoms with Gasteiger partial charge in [-0.15, -0.1) is 4.20 Å². The van der Waals surface area contributed by atoms with E-state index in [0.717, 1.165) is 0 Å². The lowest BCUT2D eigenvalue weighted by Gasteiger charge is -1.71. The van der Waals surface area contributed by atoms with Crippen molar-refractivity contribution >= 4 is 18.1 Å². The first-order valence-corrected chi connectivity index (χ1v) is 3.81. The maximum atomic E-state index is 10.9. The van der Waals surface area contributed by atoms with Crippen molar-refractivity contribution in [2.75, 3.05) is 0 Å². The van der Waals surface area contributed by atoms with Crippen molar-refractivity contribution < 1.29 is 17.9 Å². The van der Waals surface area contributed by atoms with Gasteiger partial charge in [-0.05, 0) is 0 Å². The quantitative estimate of drug-likeness (QED) is 0.377. The molecule has 0 heterocycles. The maximum Gasteiger partial charge on any atom is 0.608 e. The Morgan fingerprint density at radius 2 is 1.67 bits per heavy atom. The standard InChI is InChI=1S/F2H2O2PS/c1-5(3,4)6-2/h3-4H/q+1. The van der Waals surface area contributed by atoms with Crippen molar-refractivity contribution in [2.45, 2.75) is 0 Å². The van der Waals surface area contributed by atoms with Gasteiger partial charge in [-0.25, -0.2) is 0 Å². The molecule has 2 N–H and O–H groups in total. The molecule has 0 saturated carbocycles. The fraction of sp³-hybridized carbons (Fsp3) is 0. The van der Waals surface area contributed by atoms with Crippen molar-refractivity contribution in [3.63, 3.8) is 0 Å². The molecule has 0 atom stereocenters. The summed E-state index contributed by atoms with van der Waals surface area (Å²) in [6, 6.07) is 0. The Morgan fingerprint density at radius 1 is 1.50 bits per heavy atom. The van der Waals surface area contributed by atoms with E-state index in [4.69, 9.17) is 9.79 Å². The highest BCUT2D eigenvalue weighted by molar-refractivity contribution is 8.13. The molecule has 0 unspecified atom stereocenters. The van der Waals surface area contributed by atoms with Crippen LogP contribution in [-0.4, -0.2) is 9.79 Å². The Hall–Kier alpha value is 0.430. The zero-order chi connectivity index (χ0) is 5.21. The van der Waals surface area contributed by atoms with E-state index in [2.05, 4.69) is 0 Å². The van der Waals surface area contributed by atoms with Crippen molar-refractivity contribution in [1.29, 1.82) is 0 Å². The van der Waals surface area contributed by atoms with Gasteiger partial charge in [-0.1, -0.05) is 0 Å². The van der Waals surface area contributed by atoms with Gasteiger partial charge in [-0.2, -0.15) is 0 Å². The van der Waals surface area contributed by atoms with Crippen molar-refractivity contribution in [1.82, 2.24) is 0 Å². The van der Waals surface area contributed by atoms with Crippen LogP contribution in [0.3, 0.4) is 0 Å². The zero-order valence-corrected chi connectivity index (χ0v) is 4.22. The number of rotatable bonds is 0. The topological polar surface area (TPSA) is 40.5 Å². The van der Waals surface area contributed by atoms with Crippen LogP contribution in [0.4, 0.5) is 8.08 Å². The van der Waals surface area contributed by atoms with Crippen LogP contribution in [0.2, 0.25) is 0 Å². The predicted molar refractivity (Wildman–Crippen MR) is 20.9 cm³/mol. The monoisotopic (exact) mass is 135 g/mol. The van der Waals surface area contributed by atoms with Crippen molar-refractivity contribution in [3.8, 4) is 0 Å². The number of hydrogen-bond donors (Lipinski definition) is 2. The zero-order valence-electron chi connectivity index (χ0n) is 2.51. The molecule has 0 aliphatic carbocycles. The van der Waals surface area contributed by atoms with Gasteiger partial charge in [0.25, 0.3) is 0 Å². The Labute approximate surface area is 37.0 Å². The summed E-state index contributed by atoms with van der Waals surface area (Å²) in [5.41, 5.74) is 0. The third-order valence-electron chi connectivity index (χ3n) is 0.0878. The van der Waals surface area contributed by atoms with E-state index >= 15 is 0 Å². The molecule has 0 fully saturated rings. The highest BCUT2D eigenvalue weighted by Gasteiger charge is 2.23. The molecule has 0 aromatic rings. The van der Waals surface area contributed by atoms with E-state index in [1.54, 1.807) is 0 Å². The second kappa shape index (κ2) is 1.93. The van der Waals surface area contributed by atoms with E-state index < -0.39 is 18.1 Å². The Kier molecular flexibility index (Phi) is 2.07. The van der Waals surface area contributed by atoms with Crippen LogP contribution in [-0.2, 0) is 11.3 Å². The highest BCUT2D eigenvalue weighted by atomic mass is 32.5. The summed E-state index contributed by atoms with van der Waals surface area (Å²) >= 11 is -1.06. The first-order valence-electron chi connectivity index (χ1n) is 0.906. The molecular formula is H2F2O2PS+. The summed E-state index contributed by atoms with van der Waals surface area (Å²) in [7, 11) is 0. The molecule has 0 rings (SSSR count). The minimum absolute atomic E-state index is 1.06. The molecule has 0 bridgehead atoms. The summed E-state index contributed by atoms with van der Waals surface area (Å²) in [5.74, 6) is 0. The summed E-state index contributed by atoms with van der Waals surface area (Å²) in [5, 5.41) is 0. The minimum Gasteiger partial charge on any atom is -0.283 e. The van der Waals surface area contributed by atoms with Gasteiger partial charge in [0.15, 0.2) is 0 Å². The summed E-state index contributed by atoms with van der Waals surface area (Å²) in [6.07, 6.45) is 0. The molecule has 2 nitrogen and oxygen atoms in total. The Bertz CT molecular complexity index is 75.3. The third-order valence-corrected chi connectivity index (χ3v) is 0.790. The first kappa shape index (κ1) is 6.43. The molecule has 0 amide bonds. The van der Waals surface area contributed by atoms with E-state index in [1.165, 1.54) is 0 Å². The highest BCUT2D eigenvalue weighted by Crippen LogP contribution is 2.39. The van der Waals surface area contributed by atoms with Gasteiger partial charge in [0.2, 0.25) is 0 Å². The molecule has 0 saturated heterocycles. The van der Waals surface area contributed by atoms with E-state index in [1.807, 2.05) is 0 Å². The molecular weight excluding hydrogens is 133 g/mol. The summed E-state index contributed by atoms with van der Waals surface area (Å²) in [4.78, 5) is 14.8. The molecule has 0 spiro atoms.